The number of rotatable bonds is 6. The van der Waals surface area contributed by atoms with Gasteiger partial charge in [0.2, 0.25) is 0 Å². The van der Waals surface area contributed by atoms with E-state index < -0.39 is 0 Å². The van der Waals surface area contributed by atoms with Crippen LogP contribution in [0, 0.1) is 36.5 Å². The molecule has 0 aliphatic rings. The fourth-order valence-corrected chi connectivity index (χ4v) is 7.94. The van der Waals surface area contributed by atoms with Crippen LogP contribution in [-0.4, -0.2) is 23.4 Å². The Balaban J connectivity index is 1.53. The van der Waals surface area contributed by atoms with Crippen molar-refractivity contribution < 1.29 is 9.47 Å². The molecule has 0 aliphatic heterocycles. The van der Waals surface area contributed by atoms with Crippen LogP contribution in [-0.2, 0) is 0 Å². The van der Waals surface area contributed by atoms with Crippen molar-refractivity contribution in [3.63, 3.8) is 0 Å². The minimum absolute atomic E-state index is 0.583. The minimum atomic E-state index is 0.583. The smallest absolute Gasteiger partial charge is 0.120 e. The first-order valence-corrected chi connectivity index (χ1v) is 17.8. The van der Waals surface area contributed by atoms with E-state index in [1.54, 1.807) is 14.2 Å². The van der Waals surface area contributed by atoms with Crippen molar-refractivity contribution in [1.82, 2.24) is 9.13 Å². The minimum Gasteiger partial charge on any atom is -0.497 e. The largest absolute Gasteiger partial charge is 0.497 e. The Kier molecular flexibility index (Phi) is 7.69. The van der Waals surface area contributed by atoms with Gasteiger partial charge in [0.15, 0.2) is 0 Å². The van der Waals surface area contributed by atoms with Gasteiger partial charge in [0.25, 0.3) is 0 Å². The molecule has 0 radical (unpaired) electrons. The second-order valence-electron chi connectivity index (χ2n) is 13.7. The molecule has 2 aromatic heterocycles. The number of nitrogens with zero attached hydrogens (tertiary/aromatic N) is 4. The molecule has 0 spiro atoms. The molecule has 6 heteroatoms. The van der Waals surface area contributed by atoms with Crippen LogP contribution in [0.5, 0.6) is 11.5 Å². The highest BCUT2D eigenvalue weighted by Gasteiger charge is 2.26. The zero-order valence-corrected chi connectivity index (χ0v) is 30.3. The monoisotopic (exact) mass is 698 g/mol. The summed E-state index contributed by atoms with van der Waals surface area (Å²) in [6.45, 7) is 4.27. The van der Waals surface area contributed by atoms with Gasteiger partial charge in [-0.3, -0.25) is 0 Å². The number of ether oxygens (including phenoxy) is 2. The molecule has 0 atom stereocenters. The molecule has 0 N–H and O–H groups in total. The highest BCUT2D eigenvalue weighted by Crippen LogP contribution is 2.47. The van der Waals surface area contributed by atoms with Crippen molar-refractivity contribution in [1.29, 1.82) is 10.5 Å². The highest BCUT2D eigenvalue weighted by atomic mass is 16.5. The maximum atomic E-state index is 9.86. The number of fused-ring (bicyclic) bond motifs is 6. The Labute approximate surface area is 312 Å². The van der Waals surface area contributed by atoms with E-state index in [1.165, 1.54) is 21.9 Å². The normalized spacial score (nSPS) is 11.3. The Morgan fingerprint density at radius 1 is 0.463 bits per heavy atom. The van der Waals surface area contributed by atoms with Gasteiger partial charge in [0.1, 0.15) is 11.5 Å². The van der Waals surface area contributed by atoms with Crippen LogP contribution >= 0.6 is 0 Å². The molecule has 0 saturated heterocycles. The molecule has 0 bridgehead atoms. The summed E-state index contributed by atoms with van der Waals surface area (Å²) in [6.07, 6.45) is 0. The molecule has 0 fully saturated rings. The third-order valence-corrected chi connectivity index (χ3v) is 10.5. The zero-order chi connectivity index (χ0) is 37.1. The zero-order valence-electron chi connectivity index (χ0n) is 30.3. The highest BCUT2D eigenvalue weighted by molar-refractivity contribution is 6.13. The number of nitriles is 2. The molecule has 9 aromatic rings. The van der Waals surface area contributed by atoms with Crippen molar-refractivity contribution in [2.45, 2.75) is 13.8 Å². The van der Waals surface area contributed by atoms with Crippen LogP contribution in [0.15, 0.2) is 133 Å². The SMILES string of the molecule is COc1ccc2c3ccc(OC)cc3n(-c3c(-c4ccc(C#N)cc4)ccc(-n4c5ccc(C)cc5c5cc(C)ccc54)c3-c3ccc(C#N)cc3)c2c1. The van der Waals surface area contributed by atoms with E-state index in [4.69, 9.17) is 9.47 Å². The molecule has 7 aromatic carbocycles. The lowest BCUT2D eigenvalue weighted by Crippen LogP contribution is -2.06. The lowest BCUT2D eigenvalue weighted by atomic mass is 9.92. The first-order valence-electron chi connectivity index (χ1n) is 17.8. The number of benzene rings is 7. The van der Waals surface area contributed by atoms with Crippen LogP contribution in [0.2, 0.25) is 0 Å². The number of hydrogen-bond acceptors (Lipinski definition) is 4. The van der Waals surface area contributed by atoms with Gasteiger partial charge in [-0.15, -0.1) is 0 Å². The second-order valence-corrected chi connectivity index (χ2v) is 13.7. The van der Waals surface area contributed by atoms with E-state index >= 15 is 0 Å². The number of methoxy groups -OCH3 is 2. The van der Waals surface area contributed by atoms with Crippen LogP contribution in [0.3, 0.4) is 0 Å². The van der Waals surface area contributed by atoms with Crippen molar-refractivity contribution in [2.24, 2.45) is 0 Å². The summed E-state index contributed by atoms with van der Waals surface area (Å²) < 4.78 is 16.4. The maximum absolute atomic E-state index is 9.86. The molecular weight excluding hydrogens is 665 g/mol. The van der Waals surface area contributed by atoms with E-state index in [-0.39, 0.29) is 0 Å². The van der Waals surface area contributed by atoms with Gasteiger partial charge in [0.05, 0.1) is 70.9 Å². The quantitative estimate of drug-likeness (QED) is 0.173. The van der Waals surface area contributed by atoms with Crippen molar-refractivity contribution in [3.8, 4) is 57.3 Å². The first kappa shape index (κ1) is 32.6. The summed E-state index contributed by atoms with van der Waals surface area (Å²) in [5, 5.41) is 24.1. The molecule has 9 rings (SSSR count). The molecule has 0 amide bonds. The lowest BCUT2D eigenvalue weighted by molar-refractivity contribution is 0.415. The third-order valence-electron chi connectivity index (χ3n) is 10.5. The number of aromatic nitrogens is 2. The maximum Gasteiger partial charge on any atom is 0.120 e. The molecule has 2 heterocycles. The molecule has 54 heavy (non-hydrogen) atoms. The van der Waals surface area contributed by atoms with Gasteiger partial charge in [-0.05, 0) is 104 Å². The van der Waals surface area contributed by atoms with Crippen LogP contribution in [0.4, 0.5) is 0 Å². The summed E-state index contributed by atoms with van der Waals surface area (Å²) in [5.41, 5.74) is 13.5. The fourth-order valence-electron chi connectivity index (χ4n) is 7.94. The Hall–Kier alpha value is -7.28. The summed E-state index contributed by atoms with van der Waals surface area (Å²) in [4.78, 5) is 0. The van der Waals surface area contributed by atoms with Crippen LogP contribution < -0.4 is 9.47 Å². The average Bonchev–Trinajstić information content (AvgIpc) is 3.70. The Morgan fingerprint density at radius 2 is 0.963 bits per heavy atom. The predicted molar refractivity (Wildman–Crippen MR) is 218 cm³/mol. The number of hydrogen-bond donors (Lipinski definition) is 0. The van der Waals surface area contributed by atoms with Gasteiger partial charge < -0.3 is 18.6 Å². The molecule has 0 aliphatic carbocycles. The summed E-state index contributed by atoms with van der Waals surface area (Å²) in [7, 11) is 3.38. The summed E-state index contributed by atoms with van der Waals surface area (Å²) in [5.74, 6) is 1.48. The molecule has 6 nitrogen and oxygen atoms in total. The number of aryl methyl sites for hydroxylation is 2. The van der Waals surface area contributed by atoms with Crippen molar-refractivity contribution in [3.05, 3.63) is 156 Å². The average molecular weight is 699 g/mol. The third kappa shape index (κ3) is 5.08. The van der Waals surface area contributed by atoms with Crippen LogP contribution in [0.25, 0.3) is 77.2 Å². The first-order chi connectivity index (χ1) is 26.4. The molecule has 0 unspecified atom stereocenters. The lowest BCUT2D eigenvalue weighted by Gasteiger charge is -2.24. The fraction of sp³-hybridized carbons (Fsp3) is 0.0833. The van der Waals surface area contributed by atoms with Gasteiger partial charge in [-0.1, -0.05) is 53.6 Å². The van der Waals surface area contributed by atoms with Crippen molar-refractivity contribution in [2.75, 3.05) is 14.2 Å². The Bertz CT molecular complexity index is 2920. The van der Waals surface area contributed by atoms with E-state index in [0.717, 1.165) is 78.0 Å². The molecule has 0 saturated carbocycles. The van der Waals surface area contributed by atoms with Gasteiger partial charge in [0, 0.05) is 44.8 Å². The Morgan fingerprint density at radius 3 is 1.44 bits per heavy atom. The summed E-state index contributed by atoms with van der Waals surface area (Å²) in [6, 6.07) is 50.3. The molecule has 258 valence electrons. The van der Waals surface area contributed by atoms with Gasteiger partial charge in [-0.25, -0.2) is 0 Å². The topological polar surface area (TPSA) is 75.9 Å². The van der Waals surface area contributed by atoms with Crippen molar-refractivity contribution >= 4 is 43.6 Å². The van der Waals surface area contributed by atoms with E-state index in [9.17, 15) is 10.5 Å². The predicted octanol–water partition coefficient (Wildman–Crippen LogP) is 11.6. The second kappa shape index (κ2) is 12.7. The molecular formula is C48H34N4O2. The van der Waals surface area contributed by atoms with Gasteiger partial charge in [-0.2, -0.15) is 10.5 Å². The van der Waals surface area contributed by atoms with E-state index in [1.807, 2.05) is 60.7 Å². The standard InChI is InChI=1S/C48H34N4O2/c1-29-5-20-42-40(23-29)41-24-30(2)6-21-43(41)51(42)44-22-19-37(33-11-7-31(27-49)8-12-33)48(47(44)34-13-9-32(28-50)10-14-34)52-45-25-35(53-3)15-17-38(45)39-18-16-36(54-4)26-46(39)52/h5-26H,1-4H3. The van der Waals surface area contributed by atoms with E-state index in [0.29, 0.717) is 11.1 Å². The van der Waals surface area contributed by atoms with Gasteiger partial charge >= 0.3 is 0 Å². The summed E-state index contributed by atoms with van der Waals surface area (Å²) >= 11 is 0. The van der Waals surface area contributed by atoms with Crippen LogP contribution in [0.1, 0.15) is 22.3 Å². The van der Waals surface area contributed by atoms with E-state index in [2.05, 4.69) is 108 Å².